The summed E-state index contributed by atoms with van der Waals surface area (Å²) in [6.07, 6.45) is 2.25. The smallest absolute Gasteiger partial charge is 0.253 e. The number of nitrogens with zero attached hydrogens (tertiary/aromatic N) is 1. The molecule has 1 aliphatic heterocycles. The summed E-state index contributed by atoms with van der Waals surface area (Å²) in [4.78, 5) is 14.1. The Bertz CT molecular complexity index is 459. The summed E-state index contributed by atoms with van der Waals surface area (Å²) in [6.45, 7) is 2.87. The van der Waals surface area contributed by atoms with Gasteiger partial charge in [0.1, 0.15) is 0 Å². The highest BCUT2D eigenvalue weighted by Gasteiger charge is 2.19. The molecule has 1 amide bonds. The molecule has 0 spiro atoms. The minimum absolute atomic E-state index is 0.00269. The summed E-state index contributed by atoms with van der Waals surface area (Å²) in [7, 11) is 1.84. The van der Waals surface area contributed by atoms with Gasteiger partial charge in [-0.25, -0.2) is 0 Å². The maximum Gasteiger partial charge on any atom is 0.253 e. The first-order chi connectivity index (χ1) is 9.08. The Morgan fingerprint density at radius 1 is 1.32 bits per heavy atom. The Labute approximate surface area is 123 Å². The number of hydrogen-bond acceptors (Lipinski definition) is 2. The molecule has 1 aliphatic rings. The van der Waals surface area contributed by atoms with Gasteiger partial charge < -0.3 is 10.2 Å². The quantitative estimate of drug-likeness (QED) is 0.930. The van der Waals surface area contributed by atoms with E-state index in [1.807, 2.05) is 7.05 Å². The van der Waals surface area contributed by atoms with Crippen LogP contribution in [0.2, 0.25) is 10.0 Å². The summed E-state index contributed by atoms with van der Waals surface area (Å²) in [6, 6.07) is 5.01. The molecule has 0 saturated carbocycles. The van der Waals surface area contributed by atoms with Crippen LogP contribution in [0.25, 0.3) is 0 Å². The predicted octanol–water partition coefficient (Wildman–Crippen LogP) is 3.07. The van der Waals surface area contributed by atoms with Gasteiger partial charge in [0.05, 0.1) is 10.0 Å². The molecular weight excluding hydrogens is 283 g/mol. The van der Waals surface area contributed by atoms with Crippen molar-refractivity contribution >= 4 is 29.1 Å². The Morgan fingerprint density at radius 3 is 2.63 bits per heavy atom. The largest absolute Gasteiger partial charge is 0.341 e. The van der Waals surface area contributed by atoms with Crippen LogP contribution in [0.3, 0.4) is 0 Å². The molecule has 1 aromatic carbocycles. The van der Waals surface area contributed by atoms with Gasteiger partial charge in [0.2, 0.25) is 0 Å². The molecule has 19 heavy (non-hydrogen) atoms. The molecule has 104 valence electrons. The summed E-state index contributed by atoms with van der Waals surface area (Å²) in [5.41, 5.74) is 0.589. The number of carbonyl (C=O) groups is 1. The molecule has 1 N–H and O–H groups in total. The lowest BCUT2D eigenvalue weighted by molar-refractivity contribution is 0.0763. The average molecular weight is 301 g/mol. The van der Waals surface area contributed by atoms with Gasteiger partial charge in [-0.1, -0.05) is 23.2 Å². The number of rotatable bonds is 3. The number of amides is 1. The standard InChI is InChI=1S/C14H18Cl2N2O/c1-18(9-10-4-6-17-7-5-10)14(19)11-2-3-12(15)13(16)8-11/h2-3,8,10,17H,4-7,9H2,1H3. The van der Waals surface area contributed by atoms with E-state index in [0.29, 0.717) is 21.5 Å². The summed E-state index contributed by atoms with van der Waals surface area (Å²) < 4.78 is 0. The van der Waals surface area contributed by atoms with E-state index in [4.69, 9.17) is 23.2 Å². The number of nitrogens with one attached hydrogen (secondary N) is 1. The van der Waals surface area contributed by atoms with E-state index in [-0.39, 0.29) is 5.91 Å². The minimum atomic E-state index is -0.00269. The molecule has 1 fully saturated rings. The fourth-order valence-electron chi connectivity index (χ4n) is 2.38. The van der Waals surface area contributed by atoms with Gasteiger partial charge in [0.25, 0.3) is 5.91 Å². The van der Waals surface area contributed by atoms with Crippen molar-refractivity contribution in [1.29, 1.82) is 0 Å². The number of halogens is 2. The van der Waals surface area contributed by atoms with E-state index >= 15 is 0 Å². The maximum absolute atomic E-state index is 12.3. The first-order valence-corrected chi connectivity index (χ1v) is 7.24. The van der Waals surface area contributed by atoms with Gasteiger partial charge in [-0.2, -0.15) is 0 Å². The molecule has 3 nitrogen and oxygen atoms in total. The van der Waals surface area contributed by atoms with E-state index in [0.717, 1.165) is 32.5 Å². The predicted molar refractivity (Wildman–Crippen MR) is 79.0 cm³/mol. The molecule has 1 aromatic rings. The van der Waals surface area contributed by atoms with Crippen LogP contribution in [-0.2, 0) is 0 Å². The van der Waals surface area contributed by atoms with Crippen LogP contribution in [-0.4, -0.2) is 37.5 Å². The van der Waals surface area contributed by atoms with Crippen molar-refractivity contribution in [1.82, 2.24) is 10.2 Å². The minimum Gasteiger partial charge on any atom is -0.341 e. The van der Waals surface area contributed by atoms with E-state index in [1.165, 1.54) is 0 Å². The van der Waals surface area contributed by atoms with E-state index in [9.17, 15) is 4.79 Å². The zero-order valence-corrected chi connectivity index (χ0v) is 12.5. The van der Waals surface area contributed by atoms with E-state index in [1.54, 1.807) is 23.1 Å². The van der Waals surface area contributed by atoms with Crippen LogP contribution in [0.5, 0.6) is 0 Å². The molecule has 0 bridgehead atoms. The number of carbonyl (C=O) groups excluding carboxylic acids is 1. The summed E-state index contributed by atoms with van der Waals surface area (Å²) >= 11 is 11.8. The zero-order valence-electron chi connectivity index (χ0n) is 11.0. The molecule has 1 heterocycles. The Kier molecular flexibility index (Phi) is 5.08. The highest BCUT2D eigenvalue weighted by Crippen LogP contribution is 2.23. The van der Waals surface area contributed by atoms with Gasteiger partial charge in [-0.05, 0) is 50.0 Å². The third-order valence-corrected chi connectivity index (χ3v) is 4.24. The molecule has 0 radical (unpaired) electrons. The normalized spacial score (nSPS) is 16.4. The molecule has 0 aliphatic carbocycles. The SMILES string of the molecule is CN(CC1CCNCC1)C(=O)c1ccc(Cl)c(Cl)c1. The van der Waals surface area contributed by atoms with Gasteiger partial charge in [-0.3, -0.25) is 4.79 Å². The van der Waals surface area contributed by atoms with Crippen LogP contribution in [0.4, 0.5) is 0 Å². The van der Waals surface area contributed by atoms with Crippen molar-refractivity contribution in [2.75, 3.05) is 26.7 Å². The maximum atomic E-state index is 12.3. The Hall–Kier alpha value is -0.770. The van der Waals surface area contributed by atoms with Gasteiger partial charge in [0, 0.05) is 19.2 Å². The van der Waals surface area contributed by atoms with Crippen molar-refractivity contribution in [3.05, 3.63) is 33.8 Å². The van der Waals surface area contributed by atoms with Crippen molar-refractivity contribution in [3.8, 4) is 0 Å². The summed E-state index contributed by atoms with van der Waals surface area (Å²) in [5, 5.41) is 4.22. The van der Waals surface area contributed by atoms with Crippen molar-refractivity contribution in [2.24, 2.45) is 5.92 Å². The molecule has 5 heteroatoms. The lowest BCUT2D eigenvalue weighted by Gasteiger charge is -2.27. The molecule has 2 rings (SSSR count). The Balaban J connectivity index is 1.99. The number of hydrogen-bond donors (Lipinski definition) is 1. The van der Waals surface area contributed by atoms with Gasteiger partial charge >= 0.3 is 0 Å². The highest BCUT2D eigenvalue weighted by atomic mass is 35.5. The monoisotopic (exact) mass is 300 g/mol. The lowest BCUT2D eigenvalue weighted by Crippen LogP contribution is -2.37. The first-order valence-electron chi connectivity index (χ1n) is 6.49. The summed E-state index contributed by atoms with van der Waals surface area (Å²) in [5.74, 6) is 0.579. The topological polar surface area (TPSA) is 32.3 Å². The van der Waals surface area contributed by atoms with Gasteiger partial charge in [-0.15, -0.1) is 0 Å². The molecular formula is C14H18Cl2N2O. The molecule has 0 atom stereocenters. The third kappa shape index (κ3) is 3.85. The second kappa shape index (κ2) is 6.60. The molecule has 1 saturated heterocycles. The van der Waals surface area contributed by atoms with E-state index in [2.05, 4.69) is 5.32 Å². The molecule has 0 unspecified atom stereocenters. The van der Waals surface area contributed by atoms with Crippen LogP contribution >= 0.6 is 23.2 Å². The second-order valence-corrected chi connectivity index (χ2v) is 5.82. The lowest BCUT2D eigenvalue weighted by atomic mass is 9.97. The molecule has 0 aromatic heterocycles. The number of piperidine rings is 1. The van der Waals surface area contributed by atoms with Crippen LogP contribution < -0.4 is 5.32 Å². The fraction of sp³-hybridized carbons (Fsp3) is 0.500. The number of benzene rings is 1. The highest BCUT2D eigenvalue weighted by molar-refractivity contribution is 6.42. The van der Waals surface area contributed by atoms with Crippen molar-refractivity contribution in [3.63, 3.8) is 0 Å². The van der Waals surface area contributed by atoms with Crippen LogP contribution in [0.15, 0.2) is 18.2 Å². The fourth-order valence-corrected chi connectivity index (χ4v) is 2.68. The zero-order chi connectivity index (χ0) is 13.8. The first kappa shape index (κ1) is 14.6. The van der Waals surface area contributed by atoms with E-state index < -0.39 is 0 Å². The van der Waals surface area contributed by atoms with Crippen molar-refractivity contribution in [2.45, 2.75) is 12.8 Å². The second-order valence-electron chi connectivity index (χ2n) is 5.01. The van der Waals surface area contributed by atoms with Crippen LogP contribution in [0, 0.1) is 5.92 Å². The third-order valence-electron chi connectivity index (χ3n) is 3.50. The van der Waals surface area contributed by atoms with Gasteiger partial charge in [0.15, 0.2) is 0 Å². The van der Waals surface area contributed by atoms with Crippen molar-refractivity contribution < 1.29 is 4.79 Å². The average Bonchev–Trinajstić information content (AvgIpc) is 2.42. The Morgan fingerprint density at radius 2 is 2.00 bits per heavy atom. The van der Waals surface area contributed by atoms with Crippen LogP contribution in [0.1, 0.15) is 23.2 Å².